The molecule has 0 bridgehead atoms. The van der Waals surface area contributed by atoms with Gasteiger partial charge in [0.25, 0.3) is 11.8 Å². The highest BCUT2D eigenvalue weighted by atomic mass is 35.5. The molecule has 6 aromatic rings. The van der Waals surface area contributed by atoms with Gasteiger partial charge in [0.15, 0.2) is 0 Å². The molecule has 1 atom stereocenters. The second kappa shape index (κ2) is 19.7. The molecule has 0 radical (unpaired) electrons. The number of carbonyl (C=O) groups excluding carboxylic acids is 5. The molecule has 22 nitrogen and oxygen atoms in total. The van der Waals surface area contributed by atoms with Crippen LogP contribution in [-0.4, -0.2) is 126 Å². The van der Waals surface area contributed by atoms with Crippen molar-refractivity contribution in [3.63, 3.8) is 0 Å². The number of anilines is 2. The highest BCUT2D eigenvalue weighted by Gasteiger charge is 2.30. The molecule has 2 aliphatic heterocycles. The van der Waals surface area contributed by atoms with Crippen molar-refractivity contribution >= 4 is 75.1 Å². The van der Waals surface area contributed by atoms with Gasteiger partial charge in [-0.25, -0.2) is 9.97 Å². The molecule has 352 valence electrons. The molecule has 0 aliphatic carbocycles. The van der Waals surface area contributed by atoms with Gasteiger partial charge in [0.2, 0.25) is 29.6 Å². The minimum Gasteiger partial charge on any atom is -0.491 e. The van der Waals surface area contributed by atoms with E-state index in [1.54, 1.807) is 29.2 Å². The van der Waals surface area contributed by atoms with Crippen LogP contribution in [0.15, 0.2) is 42.5 Å². The van der Waals surface area contributed by atoms with Gasteiger partial charge in [0, 0.05) is 50.4 Å². The van der Waals surface area contributed by atoms with E-state index in [1.807, 2.05) is 35.5 Å². The number of fused-ring (bicyclic) bond motifs is 1. The average molecular weight is 939 g/mol. The smallest absolute Gasteiger partial charge is 0.277 e. The van der Waals surface area contributed by atoms with Crippen LogP contribution in [0.4, 0.5) is 11.9 Å². The second-order valence-corrected chi connectivity index (χ2v) is 16.3. The van der Waals surface area contributed by atoms with Crippen molar-refractivity contribution in [1.29, 1.82) is 0 Å². The molecule has 8 rings (SSSR count). The molecule has 23 heteroatoms. The number of hydrogen-bond acceptors (Lipinski definition) is 13. The first-order chi connectivity index (χ1) is 32.2. The van der Waals surface area contributed by atoms with Gasteiger partial charge in [0.1, 0.15) is 40.5 Å². The van der Waals surface area contributed by atoms with Crippen LogP contribution in [0.2, 0.25) is 5.02 Å². The molecule has 2 aromatic carbocycles. The predicted molar refractivity (Wildman–Crippen MR) is 247 cm³/mol. The topological polar surface area (TPSA) is 276 Å². The number of aromatic nitrogens is 8. The van der Waals surface area contributed by atoms with Gasteiger partial charge in [-0.15, -0.1) is 0 Å². The lowest BCUT2D eigenvalue weighted by atomic mass is 10.1. The van der Waals surface area contributed by atoms with Crippen molar-refractivity contribution in [2.45, 2.75) is 59.8 Å². The molecular weight excluding hydrogens is 888 g/mol. The molecule has 6 heterocycles. The lowest BCUT2D eigenvalue weighted by molar-refractivity contribution is -0.123. The maximum atomic E-state index is 14.0. The van der Waals surface area contributed by atoms with E-state index < -0.39 is 29.7 Å². The van der Waals surface area contributed by atoms with E-state index in [0.29, 0.717) is 97.3 Å². The number of rotatable bonds is 18. The van der Waals surface area contributed by atoms with Crippen molar-refractivity contribution < 1.29 is 38.2 Å². The Kier molecular flexibility index (Phi) is 13.6. The lowest BCUT2D eigenvalue weighted by Gasteiger charge is -2.25. The number of amides is 5. The fraction of sp³-hybridized carbons (Fsp3) is 0.386. The summed E-state index contributed by atoms with van der Waals surface area (Å²) in [6.07, 6.45) is 4.10. The molecule has 5 amide bonds. The number of hydrogen-bond donors (Lipinski definition) is 5. The van der Waals surface area contributed by atoms with Crippen molar-refractivity contribution in [3.05, 3.63) is 81.4 Å². The zero-order chi connectivity index (χ0) is 47.5. The number of primary amides is 2. The van der Waals surface area contributed by atoms with Crippen LogP contribution >= 0.6 is 11.6 Å². The summed E-state index contributed by atoms with van der Waals surface area (Å²) in [7, 11) is 0. The van der Waals surface area contributed by atoms with E-state index in [-0.39, 0.29) is 71.7 Å². The average Bonchev–Trinajstić information content (AvgIpc) is 4.05. The maximum absolute atomic E-state index is 14.0. The molecule has 0 saturated carbocycles. The minimum atomic E-state index is -0.722. The quantitative estimate of drug-likeness (QED) is 0.0613. The van der Waals surface area contributed by atoms with E-state index in [2.05, 4.69) is 26.1 Å². The van der Waals surface area contributed by atoms with Crippen molar-refractivity contribution in [2.24, 2.45) is 11.5 Å². The number of nitrogens with zero attached hydrogens (tertiary/aromatic N) is 9. The van der Waals surface area contributed by atoms with Crippen molar-refractivity contribution in [3.8, 4) is 11.5 Å². The SMILES string of the molecule is CCn1nc(C)cc1C(=O)Nc1nc2cc(C(N)=O)cc3c2n1[C@@H](/C=C/Cn1c(NC(=O)c2c(Cl)c(C)nn2CC)nc2cc(C(N)=O)cc(OCCCNC(=O)CN4CCOCC4)c21)CO3. The van der Waals surface area contributed by atoms with Gasteiger partial charge in [0.05, 0.1) is 59.9 Å². The van der Waals surface area contributed by atoms with E-state index in [4.69, 9.17) is 47.2 Å². The van der Waals surface area contributed by atoms with E-state index in [0.717, 1.165) is 0 Å². The van der Waals surface area contributed by atoms with Crippen LogP contribution in [-0.2, 0) is 29.2 Å². The number of halogens is 1. The first-order valence-corrected chi connectivity index (χ1v) is 22.2. The number of nitrogens with two attached hydrogens (primary N) is 2. The van der Waals surface area contributed by atoms with E-state index in [9.17, 15) is 24.0 Å². The molecule has 7 N–H and O–H groups in total. The summed E-state index contributed by atoms with van der Waals surface area (Å²) in [6.45, 7) is 11.5. The Balaban J connectivity index is 1.13. The summed E-state index contributed by atoms with van der Waals surface area (Å²) in [4.78, 5) is 76.8. The molecule has 0 spiro atoms. The maximum Gasteiger partial charge on any atom is 0.277 e. The largest absolute Gasteiger partial charge is 0.491 e. The Hall–Kier alpha value is -7.30. The number of aryl methyl sites for hydroxylation is 4. The summed E-state index contributed by atoms with van der Waals surface area (Å²) in [5.41, 5.74) is 15.0. The fourth-order valence-corrected chi connectivity index (χ4v) is 8.35. The third-order valence-corrected chi connectivity index (χ3v) is 11.8. The van der Waals surface area contributed by atoms with Gasteiger partial charge in [-0.2, -0.15) is 10.2 Å². The van der Waals surface area contributed by atoms with Crippen LogP contribution in [0.5, 0.6) is 11.5 Å². The zero-order valence-corrected chi connectivity index (χ0v) is 38.2. The number of allylic oxidation sites excluding steroid dienone is 1. The van der Waals surface area contributed by atoms with Crippen LogP contribution < -0.4 is 36.9 Å². The van der Waals surface area contributed by atoms with Crippen LogP contribution in [0, 0.1) is 13.8 Å². The summed E-state index contributed by atoms with van der Waals surface area (Å²) < 4.78 is 24.5. The van der Waals surface area contributed by atoms with Crippen molar-refractivity contribution in [1.82, 2.24) is 48.9 Å². The highest BCUT2D eigenvalue weighted by Crippen LogP contribution is 2.38. The number of benzene rings is 2. The Morgan fingerprint density at radius 2 is 1.57 bits per heavy atom. The molecule has 1 saturated heterocycles. The van der Waals surface area contributed by atoms with Crippen LogP contribution in [0.1, 0.15) is 79.4 Å². The van der Waals surface area contributed by atoms with Crippen LogP contribution in [0.3, 0.4) is 0 Å². The Morgan fingerprint density at radius 3 is 2.28 bits per heavy atom. The fourth-order valence-electron chi connectivity index (χ4n) is 8.13. The van der Waals surface area contributed by atoms with Gasteiger partial charge in [-0.3, -0.25) is 53.4 Å². The third kappa shape index (κ3) is 9.67. The summed E-state index contributed by atoms with van der Waals surface area (Å²) in [6, 6.07) is 7.22. The highest BCUT2D eigenvalue weighted by molar-refractivity contribution is 6.34. The second-order valence-electron chi connectivity index (χ2n) is 16.0. The van der Waals surface area contributed by atoms with E-state index in [1.165, 1.54) is 28.9 Å². The first kappa shape index (κ1) is 46.2. The monoisotopic (exact) mass is 938 g/mol. The predicted octanol–water partition coefficient (Wildman–Crippen LogP) is 3.20. The summed E-state index contributed by atoms with van der Waals surface area (Å²) >= 11 is 6.59. The number of ether oxygens (including phenoxy) is 3. The standard InChI is InChI=1S/C44H51ClN14O8/c1-5-57-31(17-24(3)53-57)41(63)51-44-50-30-19-27(40(47)62)21-33-37(30)59(44)28(23-67-33)9-7-11-56-36-29(49-43(56)52-42(64)38-35(45)25(4)54-58(38)6-2)18-26(39(46)61)20-32(36)66-14-8-10-48-34(60)22-55-12-15-65-16-13-55/h7,9,17-21,28H,5-6,8,10-16,22-23H2,1-4H3,(H2,46,61)(H2,47,62)(H,48,60)(H,49,52,64)(H,50,51,63)/b9-7+/t28-/m0/s1. The van der Waals surface area contributed by atoms with Gasteiger partial charge < -0.3 is 35.6 Å². The zero-order valence-electron chi connectivity index (χ0n) is 37.4. The normalized spacial score (nSPS) is 15.0. The molecule has 67 heavy (non-hydrogen) atoms. The number of carbonyl (C=O) groups is 5. The summed E-state index contributed by atoms with van der Waals surface area (Å²) in [5, 5.41) is 17.8. The number of imidazole rings is 2. The number of morpholine rings is 1. The molecule has 4 aromatic heterocycles. The lowest BCUT2D eigenvalue weighted by Crippen LogP contribution is -2.43. The third-order valence-electron chi connectivity index (χ3n) is 11.3. The Labute approximate surface area is 388 Å². The van der Waals surface area contributed by atoms with E-state index >= 15 is 0 Å². The van der Waals surface area contributed by atoms with Gasteiger partial charge >= 0.3 is 0 Å². The number of nitrogens with one attached hydrogen (secondary N) is 3. The summed E-state index contributed by atoms with van der Waals surface area (Å²) in [5.74, 6) is -1.64. The Bertz CT molecular complexity index is 2940. The minimum absolute atomic E-state index is 0.0679. The van der Waals surface area contributed by atoms with Crippen LogP contribution in [0.25, 0.3) is 22.1 Å². The first-order valence-electron chi connectivity index (χ1n) is 21.8. The Morgan fingerprint density at radius 1 is 0.881 bits per heavy atom. The molecule has 1 fully saturated rings. The molecular formula is C44H51ClN14O8. The molecule has 2 aliphatic rings. The molecule has 0 unspecified atom stereocenters. The van der Waals surface area contributed by atoms with Gasteiger partial charge in [-0.05, 0) is 64.4 Å². The van der Waals surface area contributed by atoms with Gasteiger partial charge in [-0.1, -0.05) is 23.8 Å². The van der Waals surface area contributed by atoms with Crippen molar-refractivity contribution in [2.75, 3.05) is 63.2 Å².